The molecular formula is C16H16FN3O. The first kappa shape index (κ1) is 13.6. The van der Waals surface area contributed by atoms with Crippen LogP contribution in [0.2, 0.25) is 0 Å². The minimum Gasteiger partial charge on any atom is -0.323 e. The van der Waals surface area contributed by atoms with Gasteiger partial charge in [-0.05, 0) is 34.9 Å². The Kier molecular flexibility index (Phi) is 3.35. The van der Waals surface area contributed by atoms with E-state index < -0.39 is 0 Å². The summed E-state index contributed by atoms with van der Waals surface area (Å²) >= 11 is 0. The van der Waals surface area contributed by atoms with Gasteiger partial charge >= 0.3 is 6.03 Å². The van der Waals surface area contributed by atoms with Gasteiger partial charge in [-0.2, -0.15) is 0 Å². The van der Waals surface area contributed by atoms with Crippen molar-refractivity contribution < 1.29 is 9.18 Å². The van der Waals surface area contributed by atoms with Crippen molar-refractivity contribution >= 4 is 11.7 Å². The Morgan fingerprint density at radius 1 is 1.19 bits per heavy atom. The zero-order valence-corrected chi connectivity index (χ0v) is 11.6. The third-order valence-electron chi connectivity index (χ3n) is 3.71. The van der Waals surface area contributed by atoms with Crippen LogP contribution in [0.1, 0.15) is 22.7 Å². The number of rotatable bonds is 2. The van der Waals surface area contributed by atoms with Crippen molar-refractivity contribution in [2.45, 2.75) is 12.6 Å². The summed E-state index contributed by atoms with van der Waals surface area (Å²) in [7, 11) is 1.74. The van der Waals surface area contributed by atoms with Crippen molar-refractivity contribution in [1.82, 2.24) is 4.90 Å². The molecule has 3 N–H and O–H groups in total. The van der Waals surface area contributed by atoms with Gasteiger partial charge in [0.05, 0.1) is 6.04 Å². The fraction of sp³-hybridized carbons (Fsp3) is 0.188. The lowest BCUT2D eigenvalue weighted by Gasteiger charge is -2.27. The fourth-order valence-electron chi connectivity index (χ4n) is 2.46. The van der Waals surface area contributed by atoms with Gasteiger partial charge in [0.25, 0.3) is 0 Å². The minimum atomic E-state index is -0.321. The number of fused-ring (bicyclic) bond motifs is 1. The monoisotopic (exact) mass is 285 g/mol. The number of nitrogens with one attached hydrogen (secondary N) is 1. The molecule has 1 aliphatic rings. The van der Waals surface area contributed by atoms with Crippen LogP contribution in [-0.2, 0) is 6.54 Å². The maximum Gasteiger partial charge on any atom is 0.321 e. The number of nitrogens with zero attached hydrogens (tertiary/aromatic N) is 1. The van der Waals surface area contributed by atoms with Crippen LogP contribution in [0.15, 0.2) is 42.5 Å². The summed E-state index contributed by atoms with van der Waals surface area (Å²) in [5.74, 6) is -0.277. The van der Waals surface area contributed by atoms with E-state index in [1.165, 1.54) is 12.1 Å². The van der Waals surface area contributed by atoms with E-state index in [1.54, 1.807) is 24.1 Å². The number of urea groups is 1. The van der Waals surface area contributed by atoms with Gasteiger partial charge in [-0.3, -0.25) is 0 Å². The summed E-state index contributed by atoms with van der Waals surface area (Å²) < 4.78 is 13.0. The van der Waals surface area contributed by atoms with Crippen LogP contribution < -0.4 is 11.1 Å². The molecule has 108 valence electrons. The molecule has 2 amide bonds. The third-order valence-corrected chi connectivity index (χ3v) is 3.71. The molecule has 5 heteroatoms. The largest absolute Gasteiger partial charge is 0.323 e. The van der Waals surface area contributed by atoms with Crippen molar-refractivity contribution in [1.29, 1.82) is 0 Å². The molecule has 0 bridgehead atoms. The van der Waals surface area contributed by atoms with Crippen LogP contribution in [0.5, 0.6) is 0 Å². The molecule has 0 fully saturated rings. The van der Waals surface area contributed by atoms with Crippen LogP contribution in [-0.4, -0.2) is 18.0 Å². The number of hydrogen-bond acceptors (Lipinski definition) is 2. The lowest BCUT2D eigenvalue weighted by atomic mass is 9.96. The summed E-state index contributed by atoms with van der Waals surface area (Å²) in [6, 6.07) is 11.5. The minimum absolute atomic E-state index is 0.113. The normalized spacial score (nSPS) is 15.4. The number of carbonyl (C=O) groups is 1. The number of halogens is 1. The molecule has 1 unspecified atom stereocenters. The first-order valence-corrected chi connectivity index (χ1v) is 6.70. The lowest BCUT2D eigenvalue weighted by molar-refractivity contribution is 0.218. The second-order valence-electron chi connectivity index (χ2n) is 5.23. The first-order chi connectivity index (χ1) is 10.0. The smallest absolute Gasteiger partial charge is 0.321 e. The molecule has 2 aromatic carbocycles. The number of hydrogen-bond donors (Lipinski definition) is 2. The van der Waals surface area contributed by atoms with E-state index in [0.717, 1.165) is 22.4 Å². The van der Waals surface area contributed by atoms with Gasteiger partial charge < -0.3 is 16.0 Å². The third kappa shape index (κ3) is 2.60. The highest BCUT2D eigenvalue weighted by atomic mass is 19.1. The Bertz CT molecular complexity index is 684. The summed E-state index contributed by atoms with van der Waals surface area (Å²) in [5.41, 5.74) is 9.86. The molecule has 0 radical (unpaired) electrons. The van der Waals surface area contributed by atoms with Crippen molar-refractivity contribution in [2.24, 2.45) is 5.73 Å². The second-order valence-corrected chi connectivity index (χ2v) is 5.23. The maximum absolute atomic E-state index is 13.0. The molecular weight excluding hydrogens is 269 g/mol. The Morgan fingerprint density at radius 3 is 2.57 bits per heavy atom. The molecule has 1 aliphatic heterocycles. The van der Waals surface area contributed by atoms with Crippen LogP contribution >= 0.6 is 0 Å². The predicted molar refractivity (Wildman–Crippen MR) is 79.4 cm³/mol. The van der Waals surface area contributed by atoms with Crippen LogP contribution in [0.4, 0.5) is 14.9 Å². The molecule has 0 aromatic heterocycles. The van der Waals surface area contributed by atoms with E-state index in [9.17, 15) is 9.18 Å². The molecule has 21 heavy (non-hydrogen) atoms. The average Bonchev–Trinajstić information content (AvgIpc) is 2.48. The second kappa shape index (κ2) is 5.18. The molecule has 1 heterocycles. The average molecular weight is 285 g/mol. The number of amides is 2. The van der Waals surface area contributed by atoms with Crippen molar-refractivity contribution in [3.05, 3.63) is 65.0 Å². The highest BCUT2D eigenvalue weighted by Crippen LogP contribution is 2.28. The van der Waals surface area contributed by atoms with E-state index in [0.29, 0.717) is 6.54 Å². The highest BCUT2D eigenvalue weighted by Gasteiger charge is 2.20. The van der Waals surface area contributed by atoms with Gasteiger partial charge in [0.1, 0.15) is 5.82 Å². The quantitative estimate of drug-likeness (QED) is 0.891. The lowest BCUT2D eigenvalue weighted by Crippen LogP contribution is -2.35. The zero-order chi connectivity index (χ0) is 15.0. The molecule has 4 nitrogen and oxygen atoms in total. The van der Waals surface area contributed by atoms with Crippen LogP contribution in [0, 0.1) is 5.82 Å². The number of anilines is 1. The SMILES string of the molecule is CN1Cc2cc(C(N)c3ccc(F)cc3)ccc2NC1=O. The summed E-state index contributed by atoms with van der Waals surface area (Å²) in [6.45, 7) is 0.547. The molecule has 1 atom stereocenters. The molecule has 0 saturated heterocycles. The van der Waals surface area contributed by atoms with Gasteiger partial charge in [0, 0.05) is 19.3 Å². The van der Waals surface area contributed by atoms with Gasteiger partial charge in [-0.1, -0.05) is 24.3 Å². The molecule has 0 spiro atoms. The van der Waals surface area contributed by atoms with Gasteiger partial charge in [0.15, 0.2) is 0 Å². The Hall–Kier alpha value is -2.40. The first-order valence-electron chi connectivity index (χ1n) is 6.70. The van der Waals surface area contributed by atoms with E-state index in [-0.39, 0.29) is 17.9 Å². The van der Waals surface area contributed by atoms with E-state index in [1.807, 2.05) is 18.2 Å². The number of benzene rings is 2. The van der Waals surface area contributed by atoms with E-state index in [4.69, 9.17) is 5.73 Å². The van der Waals surface area contributed by atoms with Crippen molar-refractivity contribution in [2.75, 3.05) is 12.4 Å². The molecule has 0 aliphatic carbocycles. The standard InChI is InChI=1S/C16H16FN3O/c1-20-9-12-8-11(4-7-14(12)19-16(20)21)15(18)10-2-5-13(17)6-3-10/h2-8,15H,9,18H2,1H3,(H,19,21). The zero-order valence-electron chi connectivity index (χ0n) is 11.6. The van der Waals surface area contributed by atoms with Gasteiger partial charge in [0.2, 0.25) is 0 Å². The maximum atomic E-state index is 13.0. The fourth-order valence-corrected chi connectivity index (χ4v) is 2.46. The van der Waals surface area contributed by atoms with E-state index >= 15 is 0 Å². The van der Waals surface area contributed by atoms with Gasteiger partial charge in [-0.25, -0.2) is 9.18 Å². The molecule has 2 aromatic rings. The predicted octanol–water partition coefficient (Wildman–Crippen LogP) is 2.85. The van der Waals surface area contributed by atoms with Crippen molar-refractivity contribution in [3.63, 3.8) is 0 Å². The topological polar surface area (TPSA) is 58.4 Å². The van der Waals surface area contributed by atoms with E-state index in [2.05, 4.69) is 5.32 Å². The number of nitrogens with two attached hydrogens (primary N) is 1. The summed E-state index contributed by atoms with van der Waals surface area (Å²) in [5, 5.41) is 2.82. The summed E-state index contributed by atoms with van der Waals surface area (Å²) in [6.07, 6.45) is 0. The Labute approximate surface area is 122 Å². The summed E-state index contributed by atoms with van der Waals surface area (Å²) in [4.78, 5) is 13.2. The van der Waals surface area contributed by atoms with Crippen LogP contribution in [0.25, 0.3) is 0 Å². The van der Waals surface area contributed by atoms with Crippen molar-refractivity contribution in [3.8, 4) is 0 Å². The highest BCUT2D eigenvalue weighted by molar-refractivity contribution is 5.92. The molecule has 0 saturated carbocycles. The Morgan fingerprint density at radius 2 is 1.86 bits per heavy atom. The van der Waals surface area contributed by atoms with Gasteiger partial charge in [-0.15, -0.1) is 0 Å². The number of carbonyl (C=O) groups excluding carboxylic acids is 1. The molecule has 3 rings (SSSR count). The van der Waals surface area contributed by atoms with Crippen LogP contribution in [0.3, 0.4) is 0 Å². The Balaban J connectivity index is 1.91.